The highest BCUT2D eigenvalue weighted by Crippen LogP contribution is 2.38. The highest BCUT2D eigenvalue weighted by Gasteiger charge is 2.42. The minimum absolute atomic E-state index is 0.0694. The van der Waals surface area contributed by atoms with Gasteiger partial charge in [-0.15, -0.1) is 0 Å². The maximum atomic E-state index is 12.1. The summed E-state index contributed by atoms with van der Waals surface area (Å²) in [5, 5.41) is 4.58. The quantitative estimate of drug-likeness (QED) is 0.0631. The Kier molecular flexibility index (Phi) is 16.5. The van der Waals surface area contributed by atoms with E-state index in [1.807, 2.05) is 26.6 Å². The van der Waals surface area contributed by atoms with Crippen LogP contribution in [0.3, 0.4) is 0 Å². The van der Waals surface area contributed by atoms with Gasteiger partial charge in [-0.1, -0.05) is 55.6 Å². The van der Waals surface area contributed by atoms with Crippen molar-refractivity contribution in [2.24, 2.45) is 17.0 Å². The molecule has 0 aromatic rings. The number of unbranched alkanes of at least 4 members (excludes halogenated alkanes) is 3. The van der Waals surface area contributed by atoms with Crippen LogP contribution >= 0.6 is 0 Å². The smallest absolute Gasteiger partial charge is 0.292 e. The second-order valence-corrected chi connectivity index (χ2v) is 27.3. The van der Waals surface area contributed by atoms with Gasteiger partial charge < -0.3 is 18.1 Å². The van der Waals surface area contributed by atoms with Gasteiger partial charge in [0, 0.05) is 24.7 Å². The van der Waals surface area contributed by atoms with E-state index in [4.69, 9.17) is 18.1 Å². The molecule has 232 valence electrons. The fraction of sp³-hybridized carbons (Fsp3) is 0.806. The third-order valence-corrected chi connectivity index (χ3v) is 9.28. The molecular weight excluding hydrogens is 551 g/mol. The number of carbonyl (C=O) groups excluding carboxylic acids is 1. The van der Waals surface area contributed by atoms with Crippen molar-refractivity contribution >= 4 is 36.6 Å². The molecular formula is C31H61NO5Si3. The van der Waals surface area contributed by atoms with E-state index in [9.17, 15) is 4.79 Å². The van der Waals surface area contributed by atoms with Crippen molar-refractivity contribution in [3.63, 3.8) is 0 Å². The van der Waals surface area contributed by atoms with Crippen LogP contribution in [0.5, 0.6) is 0 Å². The van der Waals surface area contributed by atoms with Crippen molar-refractivity contribution < 1.29 is 22.9 Å². The highest BCUT2D eigenvalue weighted by atomic mass is 28.4. The first-order chi connectivity index (χ1) is 18.5. The minimum atomic E-state index is -1.82. The lowest BCUT2D eigenvalue weighted by Crippen LogP contribution is -2.35. The van der Waals surface area contributed by atoms with Crippen LogP contribution in [0.2, 0.25) is 58.9 Å². The standard InChI is InChI=1S/C31H61NO5Si3/c1-12-14-17-20-26(35-38(3,4)5)23-24-28-27(21-18-15-16-19-22-31(33)37-40(9,10)11)29(32-34-13-2)25-30(28)36-39(6,7)8/h15,18,23-24,26-28,30H,12-14,16-17,19-22,25H2,1-11H3/b18-15+,24-23+,32-29-/t26-,27+,28+,30+/m0/s1. The van der Waals surface area contributed by atoms with Crippen molar-refractivity contribution in [1.29, 1.82) is 0 Å². The van der Waals surface area contributed by atoms with Gasteiger partial charge in [-0.25, -0.2) is 0 Å². The summed E-state index contributed by atoms with van der Waals surface area (Å²) in [6, 6.07) is 0. The molecule has 1 aliphatic carbocycles. The molecule has 9 heteroatoms. The van der Waals surface area contributed by atoms with Crippen molar-refractivity contribution in [3.05, 3.63) is 24.3 Å². The lowest BCUT2D eigenvalue weighted by atomic mass is 9.89. The van der Waals surface area contributed by atoms with E-state index < -0.39 is 25.0 Å². The zero-order valence-corrected chi connectivity index (χ0v) is 30.7. The Hall–Kier alpha value is -1.01. The van der Waals surface area contributed by atoms with Gasteiger partial charge in [0.15, 0.2) is 16.6 Å². The average molecular weight is 612 g/mol. The lowest BCUT2D eigenvalue weighted by molar-refractivity contribution is -0.135. The fourth-order valence-electron chi connectivity index (χ4n) is 4.97. The normalized spacial score (nSPS) is 22.5. The molecule has 40 heavy (non-hydrogen) atoms. The van der Waals surface area contributed by atoms with Crippen LogP contribution in [0.1, 0.15) is 71.6 Å². The predicted molar refractivity (Wildman–Crippen MR) is 177 cm³/mol. The molecule has 1 saturated carbocycles. The number of carbonyl (C=O) groups is 1. The van der Waals surface area contributed by atoms with Gasteiger partial charge in [0.2, 0.25) is 8.32 Å². The van der Waals surface area contributed by atoms with E-state index in [1.165, 1.54) is 19.3 Å². The summed E-state index contributed by atoms with van der Waals surface area (Å²) in [4.78, 5) is 17.6. The molecule has 1 fully saturated rings. The van der Waals surface area contributed by atoms with Gasteiger partial charge in [0.1, 0.15) is 6.61 Å². The molecule has 0 unspecified atom stereocenters. The summed E-state index contributed by atoms with van der Waals surface area (Å²) in [7, 11) is -5.26. The lowest BCUT2D eigenvalue weighted by Gasteiger charge is -2.29. The zero-order valence-electron chi connectivity index (χ0n) is 27.7. The molecule has 0 spiro atoms. The van der Waals surface area contributed by atoms with Crippen LogP contribution in [-0.2, 0) is 22.9 Å². The maximum absolute atomic E-state index is 12.1. The molecule has 0 heterocycles. The Morgan fingerprint density at radius 3 is 2.23 bits per heavy atom. The fourth-order valence-corrected chi connectivity index (χ4v) is 8.01. The molecule has 0 amide bonds. The highest BCUT2D eigenvalue weighted by molar-refractivity contribution is 6.71. The summed E-state index contributed by atoms with van der Waals surface area (Å²) in [5.74, 6) is 0.377. The van der Waals surface area contributed by atoms with Crippen molar-refractivity contribution in [2.45, 2.75) is 143 Å². The Balaban J connectivity index is 3.08. The first-order valence-corrected chi connectivity index (χ1v) is 25.9. The van der Waals surface area contributed by atoms with Crippen LogP contribution in [0.4, 0.5) is 0 Å². The van der Waals surface area contributed by atoms with E-state index in [-0.39, 0.29) is 30.0 Å². The molecule has 0 aromatic heterocycles. The number of rotatable bonds is 19. The molecule has 1 rings (SSSR count). The maximum Gasteiger partial charge on any atom is 0.292 e. The number of oxime groups is 1. The SMILES string of the molecule is CCCCC[C@@H](/C=C/[C@H]1[C@H](O[Si](C)(C)C)C/C(=N/OCC)[C@@H]1C/C=C/CCCC(=O)O[Si](C)(C)C)O[Si](C)(C)C. The number of hydrogen-bond acceptors (Lipinski definition) is 6. The summed E-state index contributed by atoms with van der Waals surface area (Å²) in [6.07, 6.45) is 17.9. The van der Waals surface area contributed by atoms with Crippen LogP contribution in [-0.4, -0.2) is 55.4 Å². The minimum Gasteiger partial charge on any atom is -0.520 e. The Labute approximate surface area is 249 Å². The largest absolute Gasteiger partial charge is 0.520 e. The molecule has 0 radical (unpaired) electrons. The summed E-state index contributed by atoms with van der Waals surface area (Å²) in [5.41, 5.74) is 1.09. The van der Waals surface area contributed by atoms with Crippen LogP contribution in [0.15, 0.2) is 29.5 Å². The third-order valence-electron chi connectivity index (χ3n) is 6.42. The predicted octanol–water partition coefficient (Wildman–Crippen LogP) is 9.09. The molecule has 0 aromatic carbocycles. The average Bonchev–Trinajstić information content (AvgIpc) is 3.10. The van der Waals surface area contributed by atoms with E-state index in [1.54, 1.807) is 0 Å². The van der Waals surface area contributed by atoms with Crippen molar-refractivity contribution in [3.8, 4) is 0 Å². The van der Waals surface area contributed by atoms with Crippen molar-refractivity contribution in [2.75, 3.05) is 6.61 Å². The van der Waals surface area contributed by atoms with Gasteiger partial charge in [0.25, 0.3) is 5.97 Å². The first kappa shape index (κ1) is 37.0. The molecule has 1 aliphatic rings. The van der Waals surface area contributed by atoms with Gasteiger partial charge in [-0.05, 0) is 91.5 Å². The summed E-state index contributed by atoms with van der Waals surface area (Å²) in [6.45, 7) is 24.5. The Morgan fingerprint density at radius 2 is 1.65 bits per heavy atom. The molecule has 0 bridgehead atoms. The van der Waals surface area contributed by atoms with Crippen LogP contribution in [0.25, 0.3) is 0 Å². The summed E-state index contributed by atoms with van der Waals surface area (Å²) >= 11 is 0. The van der Waals surface area contributed by atoms with Crippen LogP contribution in [0, 0.1) is 11.8 Å². The molecule has 0 saturated heterocycles. The molecule has 0 N–H and O–H groups in total. The topological polar surface area (TPSA) is 66.4 Å². The third kappa shape index (κ3) is 17.1. The Bertz CT molecular complexity index is 824. The van der Waals surface area contributed by atoms with Crippen LogP contribution < -0.4 is 0 Å². The van der Waals surface area contributed by atoms with E-state index in [0.29, 0.717) is 13.0 Å². The summed E-state index contributed by atoms with van der Waals surface area (Å²) < 4.78 is 18.9. The second kappa shape index (κ2) is 17.8. The first-order valence-electron chi connectivity index (χ1n) is 15.6. The number of hydrogen-bond donors (Lipinski definition) is 0. The zero-order chi connectivity index (χ0) is 30.4. The van der Waals surface area contributed by atoms with E-state index in [2.05, 4.69) is 75.7 Å². The Morgan fingerprint density at radius 1 is 0.950 bits per heavy atom. The monoisotopic (exact) mass is 611 g/mol. The van der Waals surface area contributed by atoms with Gasteiger partial charge >= 0.3 is 0 Å². The number of allylic oxidation sites excluding steroid dienone is 2. The number of nitrogens with zero attached hydrogens (tertiary/aromatic N) is 1. The van der Waals surface area contributed by atoms with Gasteiger partial charge in [-0.2, -0.15) is 0 Å². The van der Waals surface area contributed by atoms with Gasteiger partial charge in [0.05, 0.1) is 17.9 Å². The van der Waals surface area contributed by atoms with E-state index in [0.717, 1.165) is 37.8 Å². The molecule has 0 aliphatic heterocycles. The van der Waals surface area contributed by atoms with Gasteiger partial charge in [-0.3, -0.25) is 4.79 Å². The van der Waals surface area contributed by atoms with Crippen molar-refractivity contribution in [1.82, 2.24) is 0 Å². The molecule has 6 nitrogen and oxygen atoms in total. The molecule has 4 atom stereocenters. The van der Waals surface area contributed by atoms with E-state index >= 15 is 0 Å². The second-order valence-electron chi connectivity index (χ2n) is 14.0.